The van der Waals surface area contributed by atoms with Gasteiger partial charge in [-0.3, -0.25) is 9.59 Å². The fourth-order valence-corrected chi connectivity index (χ4v) is 2.89. The number of halogens is 2. The van der Waals surface area contributed by atoms with Crippen LogP contribution in [0.15, 0.2) is 18.2 Å². The highest BCUT2D eigenvalue weighted by Crippen LogP contribution is 2.19. The van der Waals surface area contributed by atoms with E-state index in [1.54, 1.807) is 0 Å². The topological polar surface area (TPSA) is 67.4 Å². The summed E-state index contributed by atoms with van der Waals surface area (Å²) in [6, 6.07) is 4.00. The molecule has 2 N–H and O–H groups in total. The van der Waals surface area contributed by atoms with Crippen molar-refractivity contribution < 1.29 is 18.7 Å². The number of amides is 2. The Morgan fingerprint density at radius 1 is 1.48 bits per heavy atom. The van der Waals surface area contributed by atoms with Gasteiger partial charge in [-0.25, -0.2) is 4.39 Å². The van der Waals surface area contributed by atoms with Gasteiger partial charge in [-0.05, 0) is 25.0 Å². The second kappa shape index (κ2) is 8.26. The lowest BCUT2D eigenvalue weighted by Crippen LogP contribution is -2.45. The van der Waals surface area contributed by atoms with E-state index in [1.165, 1.54) is 12.1 Å². The average molecular weight is 343 g/mol. The Hall–Kier alpha value is -1.66. The summed E-state index contributed by atoms with van der Waals surface area (Å²) in [4.78, 5) is 23.9. The minimum atomic E-state index is -0.718. The molecule has 1 heterocycles. The van der Waals surface area contributed by atoms with E-state index in [1.807, 2.05) is 6.92 Å². The second-order valence-electron chi connectivity index (χ2n) is 5.49. The molecule has 0 bridgehead atoms. The molecule has 1 aliphatic heterocycles. The lowest BCUT2D eigenvalue weighted by Gasteiger charge is -2.22. The van der Waals surface area contributed by atoms with Crippen LogP contribution in [0.3, 0.4) is 0 Å². The summed E-state index contributed by atoms with van der Waals surface area (Å²) in [7, 11) is 0. The summed E-state index contributed by atoms with van der Waals surface area (Å²) in [5, 5.41) is 5.29. The molecular weight excluding hydrogens is 323 g/mol. The molecule has 0 saturated carbocycles. The van der Waals surface area contributed by atoms with Crippen LogP contribution in [0.2, 0.25) is 5.02 Å². The van der Waals surface area contributed by atoms with E-state index in [4.69, 9.17) is 16.3 Å². The van der Waals surface area contributed by atoms with Crippen molar-refractivity contribution in [2.24, 2.45) is 5.92 Å². The van der Waals surface area contributed by atoms with Gasteiger partial charge in [0.2, 0.25) is 5.91 Å². The van der Waals surface area contributed by atoms with E-state index in [0.717, 1.165) is 18.9 Å². The van der Waals surface area contributed by atoms with Crippen LogP contribution in [-0.2, 0) is 9.53 Å². The molecule has 0 radical (unpaired) electrons. The summed E-state index contributed by atoms with van der Waals surface area (Å²) in [6.07, 6.45) is 1.70. The Balaban J connectivity index is 1.87. The molecule has 0 unspecified atom stereocenters. The molecule has 5 nitrogen and oxygen atoms in total. The van der Waals surface area contributed by atoms with E-state index < -0.39 is 11.7 Å². The number of carbonyl (C=O) groups is 2. The number of hydrogen-bond acceptors (Lipinski definition) is 3. The smallest absolute Gasteiger partial charge is 0.256 e. The Morgan fingerprint density at radius 3 is 2.87 bits per heavy atom. The van der Waals surface area contributed by atoms with Gasteiger partial charge < -0.3 is 15.4 Å². The molecule has 0 spiro atoms. The highest BCUT2D eigenvalue weighted by molar-refractivity contribution is 6.33. The van der Waals surface area contributed by atoms with Crippen LogP contribution in [0.5, 0.6) is 0 Å². The molecule has 2 atom stereocenters. The molecule has 7 heteroatoms. The summed E-state index contributed by atoms with van der Waals surface area (Å²) in [5.41, 5.74) is -0.252. The third kappa shape index (κ3) is 4.65. The Labute approximate surface area is 139 Å². The molecule has 23 heavy (non-hydrogen) atoms. The summed E-state index contributed by atoms with van der Waals surface area (Å²) < 4.78 is 19.0. The van der Waals surface area contributed by atoms with Crippen molar-refractivity contribution in [1.82, 2.24) is 10.6 Å². The molecule has 1 aromatic rings. The predicted molar refractivity (Wildman–Crippen MR) is 84.9 cm³/mol. The highest BCUT2D eigenvalue weighted by atomic mass is 35.5. The Kier molecular flexibility index (Phi) is 6.36. The molecule has 2 amide bonds. The quantitative estimate of drug-likeness (QED) is 0.832. The van der Waals surface area contributed by atoms with Crippen LogP contribution in [0.25, 0.3) is 0 Å². The maximum Gasteiger partial charge on any atom is 0.256 e. The molecule has 126 valence electrons. The third-order valence-corrected chi connectivity index (χ3v) is 4.23. The first kappa shape index (κ1) is 17.7. The monoisotopic (exact) mass is 342 g/mol. The van der Waals surface area contributed by atoms with Crippen LogP contribution >= 0.6 is 11.6 Å². The van der Waals surface area contributed by atoms with E-state index in [2.05, 4.69) is 10.6 Å². The van der Waals surface area contributed by atoms with Gasteiger partial charge in [-0.1, -0.05) is 24.6 Å². The van der Waals surface area contributed by atoms with Crippen molar-refractivity contribution >= 4 is 23.4 Å². The van der Waals surface area contributed by atoms with Crippen molar-refractivity contribution in [1.29, 1.82) is 0 Å². The SMILES string of the molecule is CC[C@H](NC(=O)CNC(=O)c1c(F)cccc1Cl)[C@H]1CCOC1. The number of ether oxygens (including phenoxy) is 1. The van der Waals surface area contributed by atoms with Gasteiger partial charge in [0.05, 0.1) is 23.7 Å². The van der Waals surface area contributed by atoms with E-state index in [9.17, 15) is 14.0 Å². The standard InChI is InChI=1S/C16H20ClFN2O3/c1-2-13(10-6-7-23-9-10)20-14(21)8-19-16(22)15-11(17)4-3-5-12(15)18/h3-5,10,13H,2,6-9H2,1H3,(H,19,22)(H,20,21)/t10-,13-/m0/s1. The minimum Gasteiger partial charge on any atom is -0.381 e. The van der Waals surface area contributed by atoms with Gasteiger partial charge in [0.1, 0.15) is 5.82 Å². The number of carbonyl (C=O) groups excluding carboxylic acids is 2. The van der Waals surface area contributed by atoms with E-state index in [0.29, 0.717) is 19.1 Å². The maximum atomic E-state index is 13.6. The lowest BCUT2D eigenvalue weighted by molar-refractivity contribution is -0.121. The lowest BCUT2D eigenvalue weighted by atomic mass is 9.97. The van der Waals surface area contributed by atoms with Crippen LogP contribution in [0.4, 0.5) is 4.39 Å². The first-order chi connectivity index (χ1) is 11.0. The molecule has 0 aromatic heterocycles. The van der Waals surface area contributed by atoms with Crippen molar-refractivity contribution in [3.63, 3.8) is 0 Å². The number of nitrogens with one attached hydrogen (secondary N) is 2. The Bertz CT molecular complexity index is 556. The van der Waals surface area contributed by atoms with Gasteiger partial charge in [-0.15, -0.1) is 0 Å². The van der Waals surface area contributed by atoms with E-state index >= 15 is 0 Å². The number of hydrogen-bond donors (Lipinski definition) is 2. The molecule has 0 aliphatic carbocycles. The molecule has 1 aromatic carbocycles. The van der Waals surface area contributed by atoms with Gasteiger partial charge in [0.15, 0.2) is 0 Å². The predicted octanol–water partition coefficient (Wildman–Crippen LogP) is 2.14. The minimum absolute atomic E-state index is 0.0115. The van der Waals surface area contributed by atoms with Crippen LogP contribution in [0.1, 0.15) is 30.1 Å². The largest absolute Gasteiger partial charge is 0.381 e. The van der Waals surface area contributed by atoms with Crippen LogP contribution in [0, 0.1) is 11.7 Å². The molecule has 1 aliphatic rings. The molecule has 2 rings (SSSR count). The normalized spacial score (nSPS) is 18.5. The van der Waals surface area contributed by atoms with Crippen molar-refractivity contribution in [3.05, 3.63) is 34.6 Å². The zero-order chi connectivity index (χ0) is 16.8. The second-order valence-corrected chi connectivity index (χ2v) is 5.89. The fourth-order valence-electron chi connectivity index (χ4n) is 2.64. The first-order valence-electron chi connectivity index (χ1n) is 7.62. The van der Waals surface area contributed by atoms with Gasteiger partial charge >= 0.3 is 0 Å². The van der Waals surface area contributed by atoms with Crippen molar-refractivity contribution in [2.45, 2.75) is 25.8 Å². The van der Waals surface area contributed by atoms with E-state index in [-0.39, 0.29) is 29.1 Å². The number of benzene rings is 1. The first-order valence-corrected chi connectivity index (χ1v) is 8.00. The zero-order valence-corrected chi connectivity index (χ0v) is 13.7. The average Bonchev–Trinajstić information content (AvgIpc) is 3.04. The maximum absolute atomic E-state index is 13.6. The van der Waals surface area contributed by atoms with Crippen molar-refractivity contribution in [3.8, 4) is 0 Å². The molecule has 1 saturated heterocycles. The summed E-state index contributed by atoms with van der Waals surface area (Å²) in [6.45, 7) is 3.10. The van der Waals surface area contributed by atoms with Gasteiger partial charge in [0.25, 0.3) is 5.91 Å². The summed E-state index contributed by atoms with van der Waals surface area (Å²) >= 11 is 5.82. The van der Waals surface area contributed by atoms with Crippen molar-refractivity contribution in [2.75, 3.05) is 19.8 Å². The van der Waals surface area contributed by atoms with Crippen LogP contribution in [-0.4, -0.2) is 37.6 Å². The summed E-state index contributed by atoms with van der Waals surface area (Å²) in [5.74, 6) is -1.45. The molecular formula is C16H20ClFN2O3. The molecule has 1 fully saturated rings. The highest BCUT2D eigenvalue weighted by Gasteiger charge is 2.26. The number of rotatable bonds is 6. The fraction of sp³-hybridized carbons (Fsp3) is 0.500. The van der Waals surface area contributed by atoms with Gasteiger partial charge in [0, 0.05) is 18.6 Å². The Morgan fingerprint density at radius 2 is 2.26 bits per heavy atom. The van der Waals surface area contributed by atoms with Crippen LogP contribution < -0.4 is 10.6 Å². The zero-order valence-electron chi connectivity index (χ0n) is 12.9. The van der Waals surface area contributed by atoms with Gasteiger partial charge in [-0.2, -0.15) is 0 Å². The third-order valence-electron chi connectivity index (χ3n) is 3.92.